The second kappa shape index (κ2) is 8.52. The summed E-state index contributed by atoms with van der Waals surface area (Å²) in [6.07, 6.45) is 1.57. The van der Waals surface area contributed by atoms with E-state index in [0.29, 0.717) is 12.2 Å². The number of aromatic nitrogens is 1. The Hall–Kier alpha value is -2.31. The molecule has 1 amide bonds. The highest BCUT2D eigenvalue weighted by molar-refractivity contribution is 6.32. The number of halogens is 1. The summed E-state index contributed by atoms with van der Waals surface area (Å²) in [5.74, 6) is 1.28. The van der Waals surface area contributed by atoms with Crippen molar-refractivity contribution in [1.29, 1.82) is 0 Å². The smallest absolute Gasteiger partial charge is 0.238 e. The van der Waals surface area contributed by atoms with Crippen molar-refractivity contribution in [2.45, 2.75) is 6.54 Å². The molecule has 0 atom stereocenters. The van der Waals surface area contributed by atoms with Crippen molar-refractivity contribution in [3.05, 3.63) is 47.2 Å². The molecule has 0 aliphatic rings. The van der Waals surface area contributed by atoms with Gasteiger partial charge in [-0.1, -0.05) is 17.7 Å². The van der Waals surface area contributed by atoms with Crippen LogP contribution >= 0.6 is 11.6 Å². The van der Waals surface area contributed by atoms with Gasteiger partial charge in [-0.05, 0) is 25.2 Å². The highest BCUT2D eigenvalue weighted by atomic mass is 35.5. The summed E-state index contributed by atoms with van der Waals surface area (Å²) in [5, 5.41) is 3.02. The van der Waals surface area contributed by atoms with Gasteiger partial charge in [-0.25, -0.2) is 4.98 Å². The van der Waals surface area contributed by atoms with Gasteiger partial charge in [0.15, 0.2) is 5.15 Å². The minimum Gasteiger partial charge on any atom is -0.497 e. The van der Waals surface area contributed by atoms with E-state index in [2.05, 4.69) is 10.3 Å². The number of hydrogen-bond acceptors (Lipinski definition) is 5. The monoisotopic (exact) mass is 349 g/mol. The highest BCUT2D eigenvalue weighted by Crippen LogP contribution is 2.25. The topological polar surface area (TPSA) is 63.7 Å². The molecule has 0 saturated carbocycles. The normalized spacial score (nSPS) is 10.5. The van der Waals surface area contributed by atoms with E-state index in [1.807, 2.05) is 30.1 Å². The van der Waals surface area contributed by atoms with Crippen molar-refractivity contribution < 1.29 is 14.3 Å². The van der Waals surface area contributed by atoms with Gasteiger partial charge in [0, 0.05) is 24.4 Å². The average molecular weight is 350 g/mol. The molecule has 0 spiro atoms. The van der Waals surface area contributed by atoms with E-state index < -0.39 is 0 Å². The standard InChI is InChI=1S/C17H20ClN3O3/c1-21(10-12-6-7-13(23-2)9-15(12)24-3)11-16(22)20-14-5-4-8-19-17(14)18/h4-9H,10-11H2,1-3H3,(H,20,22). The van der Waals surface area contributed by atoms with E-state index in [9.17, 15) is 4.79 Å². The molecule has 24 heavy (non-hydrogen) atoms. The fourth-order valence-electron chi connectivity index (χ4n) is 2.24. The first-order valence-electron chi connectivity index (χ1n) is 7.33. The maximum atomic E-state index is 12.1. The van der Waals surface area contributed by atoms with Crippen LogP contribution in [0.25, 0.3) is 0 Å². The van der Waals surface area contributed by atoms with Crippen molar-refractivity contribution in [2.24, 2.45) is 0 Å². The fraction of sp³-hybridized carbons (Fsp3) is 0.294. The number of nitrogens with zero attached hydrogens (tertiary/aromatic N) is 2. The summed E-state index contributed by atoms with van der Waals surface area (Å²) in [4.78, 5) is 17.9. The minimum absolute atomic E-state index is 0.167. The first-order chi connectivity index (χ1) is 11.5. The fourth-order valence-corrected chi connectivity index (χ4v) is 2.41. The van der Waals surface area contributed by atoms with Gasteiger partial charge in [0.2, 0.25) is 5.91 Å². The molecule has 0 radical (unpaired) electrons. The molecule has 1 N–H and O–H groups in total. The molecule has 2 rings (SSSR count). The van der Waals surface area contributed by atoms with Crippen LogP contribution in [0, 0.1) is 0 Å². The van der Waals surface area contributed by atoms with Gasteiger partial charge in [0.05, 0.1) is 26.5 Å². The third-order valence-electron chi connectivity index (χ3n) is 3.38. The van der Waals surface area contributed by atoms with E-state index in [1.165, 1.54) is 0 Å². The Kier molecular flexibility index (Phi) is 6.40. The summed E-state index contributed by atoms with van der Waals surface area (Å²) >= 11 is 5.93. The molecule has 0 aliphatic heterocycles. The number of carbonyl (C=O) groups is 1. The summed E-state index contributed by atoms with van der Waals surface area (Å²) in [5.41, 5.74) is 1.47. The molecule has 2 aromatic rings. The SMILES string of the molecule is COc1ccc(CN(C)CC(=O)Nc2cccnc2Cl)c(OC)c1. The molecule has 128 valence electrons. The van der Waals surface area contributed by atoms with Gasteiger partial charge in [-0.2, -0.15) is 0 Å². The van der Waals surface area contributed by atoms with Crippen LogP contribution in [-0.4, -0.2) is 43.6 Å². The number of amides is 1. The van der Waals surface area contributed by atoms with Crippen LogP contribution in [0.2, 0.25) is 5.15 Å². The average Bonchev–Trinajstić information content (AvgIpc) is 2.57. The van der Waals surface area contributed by atoms with E-state index in [-0.39, 0.29) is 17.6 Å². The number of carbonyl (C=O) groups excluding carboxylic acids is 1. The van der Waals surface area contributed by atoms with Crippen LogP contribution in [0.15, 0.2) is 36.5 Å². The Labute approximate surface area is 146 Å². The van der Waals surface area contributed by atoms with E-state index in [4.69, 9.17) is 21.1 Å². The van der Waals surface area contributed by atoms with Gasteiger partial charge in [-0.15, -0.1) is 0 Å². The van der Waals surface area contributed by atoms with Gasteiger partial charge < -0.3 is 14.8 Å². The number of anilines is 1. The maximum absolute atomic E-state index is 12.1. The van der Waals surface area contributed by atoms with Gasteiger partial charge in [-0.3, -0.25) is 9.69 Å². The lowest BCUT2D eigenvalue weighted by Crippen LogP contribution is -2.30. The first kappa shape index (κ1) is 18.0. The number of benzene rings is 1. The molecular formula is C17H20ClN3O3. The molecule has 1 heterocycles. The largest absolute Gasteiger partial charge is 0.497 e. The Bertz CT molecular complexity index is 709. The number of hydrogen-bond donors (Lipinski definition) is 1. The summed E-state index contributed by atoms with van der Waals surface area (Å²) in [6.45, 7) is 0.766. The predicted octanol–water partition coefficient (Wildman–Crippen LogP) is 2.82. The van der Waals surface area contributed by atoms with Crippen molar-refractivity contribution in [2.75, 3.05) is 33.1 Å². The number of ether oxygens (including phenoxy) is 2. The molecule has 0 fully saturated rings. The van der Waals surface area contributed by atoms with Gasteiger partial charge >= 0.3 is 0 Å². The Balaban J connectivity index is 1.96. The molecule has 0 bridgehead atoms. The minimum atomic E-state index is -0.167. The number of pyridine rings is 1. The van der Waals surface area contributed by atoms with Crippen LogP contribution in [0.5, 0.6) is 11.5 Å². The van der Waals surface area contributed by atoms with Crippen molar-refractivity contribution in [1.82, 2.24) is 9.88 Å². The molecule has 7 heteroatoms. The number of methoxy groups -OCH3 is 2. The van der Waals surface area contributed by atoms with Gasteiger partial charge in [0.1, 0.15) is 11.5 Å². The zero-order chi connectivity index (χ0) is 17.5. The second-order valence-corrected chi connectivity index (χ2v) is 5.60. The van der Waals surface area contributed by atoms with E-state index >= 15 is 0 Å². The molecule has 1 aromatic carbocycles. The van der Waals surface area contributed by atoms with Crippen LogP contribution in [0.1, 0.15) is 5.56 Å². The predicted molar refractivity (Wildman–Crippen MR) is 93.8 cm³/mol. The molecule has 1 aromatic heterocycles. The number of nitrogens with one attached hydrogen (secondary N) is 1. The Morgan fingerprint density at radius 1 is 1.29 bits per heavy atom. The lowest BCUT2D eigenvalue weighted by atomic mass is 10.2. The lowest BCUT2D eigenvalue weighted by molar-refractivity contribution is -0.117. The maximum Gasteiger partial charge on any atom is 0.238 e. The third-order valence-corrected chi connectivity index (χ3v) is 3.68. The lowest BCUT2D eigenvalue weighted by Gasteiger charge is -2.18. The van der Waals surface area contributed by atoms with Crippen LogP contribution in [0.4, 0.5) is 5.69 Å². The quantitative estimate of drug-likeness (QED) is 0.779. The molecule has 0 saturated heterocycles. The Morgan fingerprint density at radius 2 is 2.08 bits per heavy atom. The highest BCUT2D eigenvalue weighted by Gasteiger charge is 2.12. The number of likely N-dealkylation sites (N-methyl/N-ethyl adjacent to an activating group) is 1. The van der Waals surface area contributed by atoms with Crippen LogP contribution in [0.3, 0.4) is 0 Å². The van der Waals surface area contributed by atoms with Crippen LogP contribution < -0.4 is 14.8 Å². The first-order valence-corrected chi connectivity index (χ1v) is 7.71. The second-order valence-electron chi connectivity index (χ2n) is 5.24. The van der Waals surface area contributed by atoms with Gasteiger partial charge in [0.25, 0.3) is 0 Å². The summed E-state index contributed by atoms with van der Waals surface area (Å²) in [6, 6.07) is 9.02. The third kappa shape index (κ3) is 4.84. The summed E-state index contributed by atoms with van der Waals surface area (Å²) in [7, 11) is 5.07. The van der Waals surface area contributed by atoms with E-state index in [0.717, 1.165) is 17.1 Å². The van der Waals surface area contributed by atoms with Crippen molar-refractivity contribution >= 4 is 23.2 Å². The summed E-state index contributed by atoms with van der Waals surface area (Å²) < 4.78 is 10.6. The zero-order valence-corrected chi connectivity index (χ0v) is 14.6. The zero-order valence-electron chi connectivity index (χ0n) is 13.9. The van der Waals surface area contributed by atoms with E-state index in [1.54, 1.807) is 32.5 Å². The molecule has 0 aliphatic carbocycles. The van der Waals surface area contributed by atoms with Crippen molar-refractivity contribution in [3.8, 4) is 11.5 Å². The molecule has 6 nitrogen and oxygen atoms in total. The van der Waals surface area contributed by atoms with Crippen LogP contribution in [-0.2, 0) is 11.3 Å². The molecular weight excluding hydrogens is 330 g/mol. The Morgan fingerprint density at radius 3 is 2.75 bits per heavy atom. The number of rotatable bonds is 7. The molecule has 0 unspecified atom stereocenters. The van der Waals surface area contributed by atoms with Crippen molar-refractivity contribution in [3.63, 3.8) is 0 Å².